The summed E-state index contributed by atoms with van der Waals surface area (Å²) in [5, 5.41) is 23.9. The van der Waals surface area contributed by atoms with E-state index >= 15 is 0 Å². The molecule has 2 aliphatic rings. The van der Waals surface area contributed by atoms with Crippen LogP contribution < -0.4 is 21.1 Å². The zero-order valence-corrected chi connectivity index (χ0v) is 26.0. The van der Waals surface area contributed by atoms with Gasteiger partial charge in [-0.25, -0.2) is 9.99 Å². The summed E-state index contributed by atoms with van der Waals surface area (Å²) in [4.78, 5) is 9.50. The minimum atomic E-state index is -0.400. The Labute approximate surface area is 262 Å². The predicted molar refractivity (Wildman–Crippen MR) is 175 cm³/mol. The van der Waals surface area contributed by atoms with Crippen molar-refractivity contribution in [3.8, 4) is 28.3 Å². The number of nitrogens with one attached hydrogen (secondary N) is 2. The van der Waals surface area contributed by atoms with Crippen molar-refractivity contribution in [2.24, 2.45) is 15.8 Å². The third kappa shape index (κ3) is 7.26. The molecule has 2 aliphatic heterocycles. The highest BCUT2D eigenvalue weighted by Crippen LogP contribution is 2.40. The highest BCUT2D eigenvalue weighted by molar-refractivity contribution is 6.40. The van der Waals surface area contributed by atoms with Gasteiger partial charge in [0.25, 0.3) is 0 Å². The zero-order valence-electron chi connectivity index (χ0n) is 24.5. The lowest BCUT2D eigenvalue weighted by molar-refractivity contribution is 0.190. The molecule has 9 nitrogen and oxygen atoms in total. The number of hydrogen-bond donors (Lipinski definition) is 4. The van der Waals surface area contributed by atoms with E-state index in [0.717, 1.165) is 39.4 Å². The van der Waals surface area contributed by atoms with Crippen LogP contribution >= 0.6 is 23.2 Å². The number of ether oxygens (including phenoxy) is 1. The molecular formula is C32H37Cl2N7O2. The molecule has 1 unspecified atom stereocenters. The van der Waals surface area contributed by atoms with Gasteiger partial charge in [-0.15, -0.1) is 0 Å². The van der Waals surface area contributed by atoms with E-state index in [9.17, 15) is 5.11 Å². The van der Waals surface area contributed by atoms with Crippen LogP contribution in [-0.2, 0) is 6.54 Å². The molecule has 3 aromatic rings. The summed E-state index contributed by atoms with van der Waals surface area (Å²) in [7, 11) is 1.61. The summed E-state index contributed by atoms with van der Waals surface area (Å²) in [5.74, 6) is 1.35. The van der Waals surface area contributed by atoms with Crippen molar-refractivity contribution in [3.05, 3.63) is 81.9 Å². The number of pyridine rings is 1. The fraction of sp³-hybridized carbons (Fsp3) is 0.344. The Balaban J connectivity index is 1.39. The molecule has 0 saturated carbocycles. The van der Waals surface area contributed by atoms with Crippen LogP contribution in [0.5, 0.6) is 5.88 Å². The van der Waals surface area contributed by atoms with Crippen molar-refractivity contribution >= 4 is 34.7 Å². The molecule has 0 aliphatic carbocycles. The van der Waals surface area contributed by atoms with Gasteiger partial charge in [0.1, 0.15) is 5.84 Å². The molecule has 3 heterocycles. The summed E-state index contributed by atoms with van der Waals surface area (Å²) in [6.45, 7) is 6.84. The van der Waals surface area contributed by atoms with Gasteiger partial charge in [-0.2, -0.15) is 5.10 Å². The lowest BCUT2D eigenvalue weighted by atomic mass is 9.97. The average Bonchev–Trinajstić information content (AvgIpc) is 3.39. The number of aliphatic hydroxyl groups is 1. The topological polar surface area (TPSA) is 120 Å². The SMILES string of the molecule is COc1nc(-c2cccc(-c3cccc(C4=NN5CC(CNC[C@H](C)O)N=C5C=C4)c3Cl)c2Cl)ccc1CNC[C@H](C)N. The normalized spacial score (nSPS) is 17.4. The van der Waals surface area contributed by atoms with Crippen molar-refractivity contribution in [3.63, 3.8) is 0 Å². The number of nitrogens with two attached hydrogens (primary N) is 1. The first-order valence-electron chi connectivity index (χ1n) is 14.3. The Morgan fingerprint density at radius 2 is 1.67 bits per heavy atom. The van der Waals surface area contributed by atoms with Gasteiger partial charge in [0.15, 0.2) is 0 Å². The van der Waals surface area contributed by atoms with Crippen LogP contribution in [0.1, 0.15) is 25.0 Å². The van der Waals surface area contributed by atoms with E-state index in [1.165, 1.54) is 0 Å². The zero-order chi connectivity index (χ0) is 30.5. The van der Waals surface area contributed by atoms with Crippen molar-refractivity contribution in [2.45, 2.75) is 38.6 Å². The Bertz CT molecular complexity index is 1550. The number of methoxy groups -OCH3 is 1. The molecule has 0 fully saturated rings. The minimum Gasteiger partial charge on any atom is -0.481 e. The molecule has 1 aromatic heterocycles. The van der Waals surface area contributed by atoms with Crippen LogP contribution in [0.25, 0.3) is 22.4 Å². The third-order valence-corrected chi connectivity index (χ3v) is 7.97. The molecule has 0 bridgehead atoms. The first-order chi connectivity index (χ1) is 20.7. The monoisotopic (exact) mass is 621 g/mol. The molecule has 0 saturated heterocycles. The lowest BCUT2D eigenvalue weighted by Gasteiger charge is -2.20. The van der Waals surface area contributed by atoms with Gasteiger partial charge in [-0.05, 0) is 32.1 Å². The summed E-state index contributed by atoms with van der Waals surface area (Å²) in [5.41, 5.74) is 11.4. The Morgan fingerprint density at radius 1 is 0.977 bits per heavy atom. The molecule has 5 N–H and O–H groups in total. The maximum absolute atomic E-state index is 9.51. The van der Waals surface area contributed by atoms with Crippen LogP contribution in [0.2, 0.25) is 10.0 Å². The van der Waals surface area contributed by atoms with E-state index < -0.39 is 6.10 Å². The quantitative estimate of drug-likeness (QED) is 0.235. The number of fused-ring (bicyclic) bond motifs is 1. The van der Waals surface area contributed by atoms with Gasteiger partial charge in [-0.1, -0.05) is 65.7 Å². The fourth-order valence-corrected chi connectivity index (χ4v) is 5.73. The number of halogens is 2. The number of aromatic nitrogens is 1. The summed E-state index contributed by atoms with van der Waals surface area (Å²) in [6.07, 6.45) is 3.50. The molecule has 3 atom stereocenters. The second-order valence-electron chi connectivity index (χ2n) is 10.9. The van der Waals surface area contributed by atoms with E-state index in [1.807, 2.05) is 72.6 Å². The number of benzene rings is 2. The molecular weight excluding hydrogens is 585 g/mol. The number of rotatable bonds is 12. The van der Waals surface area contributed by atoms with Gasteiger partial charge in [0.05, 0.1) is 47.3 Å². The largest absolute Gasteiger partial charge is 0.481 e. The maximum Gasteiger partial charge on any atom is 0.218 e. The number of hydrazone groups is 1. The van der Waals surface area contributed by atoms with E-state index in [-0.39, 0.29) is 12.1 Å². The van der Waals surface area contributed by atoms with Crippen LogP contribution in [0.3, 0.4) is 0 Å². The number of amidine groups is 1. The fourth-order valence-electron chi connectivity index (χ4n) is 5.08. The number of allylic oxidation sites excluding steroid dienone is 1. The van der Waals surface area contributed by atoms with E-state index in [1.54, 1.807) is 14.0 Å². The second-order valence-corrected chi connectivity index (χ2v) is 11.6. The standard InChI is InChI=1S/C32H37Cl2N7O2/c1-19(35)14-36-16-21-10-11-27(39-32(21)43-3)25-8-4-6-23(30(25)33)24-7-5-9-26(31(24)34)28-12-13-29-38-22(18-41(29)40-28)17-37-15-20(2)42/h4-13,19-20,22,36-37,42H,14-18,35H2,1-3H3/t19-,20-,22?/m0/s1. The minimum absolute atomic E-state index is 0.0528. The third-order valence-electron chi connectivity index (χ3n) is 7.16. The highest BCUT2D eigenvalue weighted by atomic mass is 35.5. The smallest absolute Gasteiger partial charge is 0.218 e. The average molecular weight is 623 g/mol. The van der Waals surface area contributed by atoms with Crippen LogP contribution in [0, 0.1) is 0 Å². The first-order valence-corrected chi connectivity index (χ1v) is 15.1. The Morgan fingerprint density at radius 3 is 2.37 bits per heavy atom. The summed E-state index contributed by atoms with van der Waals surface area (Å²) in [6, 6.07) is 15.7. The summed E-state index contributed by atoms with van der Waals surface area (Å²) < 4.78 is 5.59. The molecule has 11 heteroatoms. The Kier molecular flexibility index (Phi) is 10.1. The second kappa shape index (κ2) is 14.0. The number of hydrogen-bond acceptors (Lipinski definition) is 9. The molecule has 43 heavy (non-hydrogen) atoms. The highest BCUT2D eigenvalue weighted by Gasteiger charge is 2.27. The first kappa shape index (κ1) is 31.1. The Hall–Kier alpha value is -3.31. The van der Waals surface area contributed by atoms with Crippen LogP contribution in [0.15, 0.2) is 70.8 Å². The molecule has 5 rings (SSSR count). The number of nitrogens with zero attached hydrogens (tertiary/aromatic N) is 4. The van der Waals surface area contributed by atoms with Gasteiger partial charge < -0.3 is 26.2 Å². The molecule has 226 valence electrons. The van der Waals surface area contributed by atoms with Gasteiger partial charge in [0.2, 0.25) is 5.88 Å². The predicted octanol–water partition coefficient (Wildman–Crippen LogP) is 4.49. The van der Waals surface area contributed by atoms with Crippen LogP contribution in [0.4, 0.5) is 0 Å². The van der Waals surface area contributed by atoms with Crippen molar-refractivity contribution < 1.29 is 9.84 Å². The van der Waals surface area contributed by atoms with Crippen LogP contribution in [-0.4, -0.2) is 78.1 Å². The van der Waals surface area contributed by atoms with E-state index in [4.69, 9.17) is 48.8 Å². The number of aliphatic imine (C=N–C) groups is 1. The van der Waals surface area contributed by atoms with Crippen molar-refractivity contribution in [2.75, 3.05) is 33.3 Å². The van der Waals surface area contributed by atoms with E-state index in [0.29, 0.717) is 54.3 Å². The van der Waals surface area contributed by atoms with Crippen molar-refractivity contribution in [1.82, 2.24) is 20.6 Å². The number of aliphatic hydroxyl groups excluding tert-OH is 1. The molecule has 0 amide bonds. The molecule has 2 aromatic carbocycles. The van der Waals surface area contributed by atoms with E-state index in [2.05, 4.69) is 10.6 Å². The van der Waals surface area contributed by atoms with Crippen molar-refractivity contribution in [1.29, 1.82) is 0 Å². The van der Waals surface area contributed by atoms with Gasteiger partial charge in [-0.3, -0.25) is 4.99 Å². The maximum atomic E-state index is 9.51. The van der Waals surface area contributed by atoms with Gasteiger partial charge in [0, 0.05) is 60.0 Å². The molecule has 0 spiro atoms. The van der Waals surface area contributed by atoms with Gasteiger partial charge >= 0.3 is 0 Å². The summed E-state index contributed by atoms with van der Waals surface area (Å²) >= 11 is 14.1. The lowest BCUT2D eigenvalue weighted by Crippen LogP contribution is -2.34. The molecule has 0 radical (unpaired) electrons.